The van der Waals surface area contributed by atoms with Crippen LogP contribution in [0.25, 0.3) is 0 Å². The summed E-state index contributed by atoms with van der Waals surface area (Å²) < 4.78 is 5.04. The molecule has 1 saturated heterocycles. The Morgan fingerprint density at radius 2 is 1.86 bits per heavy atom. The Bertz CT molecular complexity index is 536. The molecule has 1 fully saturated rings. The quantitative estimate of drug-likeness (QED) is 0.324. The molecule has 9 heteroatoms. The van der Waals surface area contributed by atoms with E-state index in [-0.39, 0.29) is 5.56 Å². The fourth-order valence-electron chi connectivity index (χ4n) is 2.31. The van der Waals surface area contributed by atoms with Gasteiger partial charge in [-0.3, -0.25) is 10.1 Å². The molecular formula is C12H15NO8. The van der Waals surface area contributed by atoms with Crippen LogP contribution in [0.4, 0.5) is 5.69 Å². The minimum Gasteiger partial charge on any atom is -0.394 e. The second kappa shape index (κ2) is 5.64. The summed E-state index contributed by atoms with van der Waals surface area (Å²) in [6.07, 6.45) is -6.93. The first-order valence-corrected chi connectivity index (χ1v) is 6.12. The van der Waals surface area contributed by atoms with Crippen molar-refractivity contribution in [1.82, 2.24) is 0 Å². The number of aliphatic hydroxyl groups is 5. The number of nitrogens with zero attached hydrogens (tertiary/aromatic N) is 1. The van der Waals surface area contributed by atoms with Gasteiger partial charge < -0.3 is 30.3 Å². The third-order valence-corrected chi connectivity index (χ3v) is 3.45. The van der Waals surface area contributed by atoms with Gasteiger partial charge >= 0.3 is 0 Å². The van der Waals surface area contributed by atoms with Gasteiger partial charge in [0.1, 0.15) is 24.4 Å². The first-order valence-electron chi connectivity index (χ1n) is 6.12. The highest BCUT2D eigenvalue weighted by Crippen LogP contribution is 2.39. The van der Waals surface area contributed by atoms with Crippen LogP contribution in [0.1, 0.15) is 5.56 Å². The fraction of sp³-hybridized carbons (Fsp3) is 0.500. The van der Waals surface area contributed by atoms with E-state index >= 15 is 0 Å². The molecule has 1 aliphatic rings. The third kappa shape index (κ3) is 2.50. The predicted octanol–water partition coefficient (Wildman–Crippen LogP) is -1.79. The lowest BCUT2D eigenvalue weighted by molar-refractivity contribution is -0.396. The number of benzene rings is 1. The zero-order valence-corrected chi connectivity index (χ0v) is 10.7. The summed E-state index contributed by atoms with van der Waals surface area (Å²) in [6.45, 7) is -0.756. The summed E-state index contributed by atoms with van der Waals surface area (Å²) in [5.41, 5.74) is -0.911. The van der Waals surface area contributed by atoms with E-state index in [1.54, 1.807) is 0 Å². The first-order chi connectivity index (χ1) is 9.82. The van der Waals surface area contributed by atoms with Gasteiger partial charge in [0.2, 0.25) is 5.79 Å². The first kappa shape index (κ1) is 15.8. The monoisotopic (exact) mass is 301 g/mol. The lowest BCUT2D eigenvalue weighted by atomic mass is 9.87. The summed E-state index contributed by atoms with van der Waals surface area (Å²) in [4.78, 5) is 10.2. The van der Waals surface area contributed by atoms with E-state index in [1.165, 1.54) is 12.1 Å². The van der Waals surface area contributed by atoms with E-state index in [9.17, 15) is 30.5 Å². The summed E-state index contributed by atoms with van der Waals surface area (Å²) in [7, 11) is 0. The second-order valence-corrected chi connectivity index (χ2v) is 4.74. The van der Waals surface area contributed by atoms with Crippen LogP contribution < -0.4 is 0 Å². The van der Waals surface area contributed by atoms with Crippen molar-refractivity contribution >= 4 is 5.69 Å². The molecule has 1 aromatic carbocycles. The fourth-order valence-corrected chi connectivity index (χ4v) is 2.31. The second-order valence-electron chi connectivity index (χ2n) is 4.74. The molecule has 0 radical (unpaired) electrons. The van der Waals surface area contributed by atoms with Gasteiger partial charge in [-0.15, -0.1) is 0 Å². The molecule has 1 heterocycles. The molecule has 0 aromatic heterocycles. The molecule has 0 bridgehead atoms. The average Bonchev–Trinajstić information content (AvgIpc) is 2.49. The van der Waals surface area contributed by atoms with Crippen molar-refractivity contribution in [3.63, 3.8) is 0 Å². The lowest BCUT2D eigenvalue weighted by Gasteiger charge is -2.45. The van der Waals surface area contributed by atoms with Crippen LogP contribution in [0, 0.1) is 10.1 Å². The zero-order valence-electron chi connectivity index (χ0n) is 10.7. The number of nitro groups is 1. The summed E-state index contributed by atoms with van der Waals surface area (Å²) in [5.74, 6) is -2.63. The molecule has 5 N–H and O–H groups in total. The van der Waals surface area contributed by atoms with Crippen molar-refractivity contribution in [2.75, 3.05) is 6.61 Å². The molecule has 5 atom stereocenters. The van der Waals surface area contributed by atoms with Crippen LogP contribution in [-0.2, 0) is 10.5 Å². The minimum atomic E-state index is -2.63. The van der Waals surface area contributed by atoms with Gasteiger partial charge in [0.25, 0.3) is 5.69 Å². The molecule has 0 amide bonds. The van der Waals surface area contributed by atoms with Gasteiger partial charge in [-0.1, -0.05) is 12.1 Å². The topological polar surface area (TPSA) is 154 Å². The molecule has 0 saturated carbocycles. The normalized spacial score (nSPS) is 36.4. The maximum atomic E-state index is 11.0. The van der Waals surface area contributed by atoms with Gasteiger partial charge in [0, 0.05) is 6.07 Å². The van der Waals surface area contributed by atoms with Crippen molar-refractivity contribution < 1.29 is 35.2 Å². The predicted molar refractivity (Wildman–Crippen MR) is 67.0 cm³/mol. The van der Waals surface area contributed by atoms with E-state index in [4.69, 9.17) is 9.84 Å². The number of ether oxygens (including phenoxy) is 1. The molecule has 0 aliphatic carbocycles. The van der Waals surface area contributed by atoms with Gasteiger partial charge in [0.05, 0.1) is 17.1 Å². The largest absolute Gasteiger partial charge is 0.394 e. The Kier molecular flexibility index (Phi) is 4.23. The SMILES string of the molecule is O=[N+]([O-])c1ccccc1[C@@]1(O)O[C@H](CO)[C@@H](O)[C@H](O)[C@H]1O. The number of rotatable bonds is 3. The van der Waals surface area contributed by atoms with Crippen LogP contribution in [0.3, 0.4) is 0 Å². The number of para-hydroxylation sites is 1. The maximum absolute atomic E-state index is 11.0. The third-order valence-electron chi connectivity index (χ3n) is 3.45. The highest BCUT2D eigenvalue weighted by atomic mass is 16.7. The summed E-state index contributed by atoms with van der Waals surface area (Å²) in [6, 6.07) is 4.98. The van der Waals surface area contributed by atoms with Gasteiger partial charge in [0.15, 0.2) is 0 Å². The maximum Gasteiger partial charge on any atom is 0.278 e. The lowest BCUT2D eigenvalue weighted by Crippen LogP contribution is -2.63. The molecule has 2 rings (SSSR count). The van der Waals surface area contributed by atoms with Crippen LogP contribution in [-0.4, -0.2) is 61.5 Å². The van der Waals surface area contributed by atoms with E-state index in [1.807, 2.05) is 0 Å². The summed E-state index contributed by atoms with van der Waals surface area (Å²) >= 11 is 0. The number of hydrogen-bond acceptors (Lipinski definition) is 8. The standard InChI is InChI=1S/C12H15NO8/c14-5-8-9(15)10(16)11(17)12(18,21-8)6-3-1-2-4-7(6)13(19)20/h1-4,8-11,14-18H,5H2/t8-,9-,10+,11-,12-/m1/s1. The van der Waals surface area contributed by atoms with E-state index in [0.717, 1.165) is 12.1 Å². The number of nitro benzene ring substituents is 1. The van der Waals surface area contributed by atoms with Crippen molar-refractivity contribution in [1.29, 1.82) is 0 Å². The van der Waals surface area contributed by atoms with Crippen LogP contribution >= 0.6 is 0 Å². The molecule has 0 unspecified atom stereocenters. The van der Waals surface area contributed by atoms with Gasteiger partial charge in [-0.2, -0.15) is 0 Å². The highest BCUT2D eigenvalue weighted by Gasteiger charge is 2.55. The van der Waals surface area contributed by atoms with E-state index in [0.29, 0.717) is 0 Å². The molecule has 21 heavy (non-hydrogen) atoms. The molecular weight excluding hydrogens is 286 g/mol. The smallest absolute Gasteiger partial charge is 0.278 e. The molecule has 9 nitrogen and oxygen atoms in total. The average molecular weight is 301 g/mol. The minimum absolute atomic E-state index is 0.383. The van der Waals surface area contributed by atoms with Crippen molar-refractivity contribution in [2.45, 2.75) is 30.2 Å². The van der Waals surface area contributed by atoms with Crippen LogP contribution in [0.2, 0.25) is 0 Å². The summed E-state index contributed by atoms with van der Waals surface area (Å²) in [5, 5.41) is 59.9. The molecule has 1 aromatic rings. The Labute approximate surface area is 118 Å². The van der Waals surface area contributed by atoms with Crippen molar-refractivity contribution in [3.8, 4) is 0 Å². The number of hydrogen-bond donors (Lipinski definition) is 5. The van der Waals surface area contributed by atoms with E-state index in [2.05, 4.69) is 0 Å². The Morgan fingerprint density at radius 3 is 2.43 bits per heavy atom. The molecule has 1 aliphatic heterocycles. The highest BCUT2D eigenvalue weighted by molar-refractivity contribution is 5.43. The Morgan fingerprint density at radius 1 is 1.24 bits per heavy atom. The van der Waals surface area contributed by atoms with Crippen LogP contribution in [0.5, 0.6) is 0 Å². The number of aliphatic hydroxyl groups excluding tert-OH is 4. The van der Waals surface area contributed by atoms with Gasteiger partial charge in [-0.05, 0) is 6.07 Å². The zero-order chi connectivity index (χ0) is 15.8. The van der Waals surface area contributed by atoms with Crippen molar-refractivity contribution in [3.05, 3.63) is 39.9 Å². The van der Waals surface area contributed by atoms with Crippen molar-refractivity contribution in [2.24, 2.45) is 0 Å². The Hall–Kier alpha value is -1.62. The molecule has 0 spiro atoms. The molecule has 116 valence electrons. The van der Waals surface area contributed by atoms with Crippen LogP contribution in [0.15, 0.2) is 24.3 Å². The van der Waals surface area contributed by atoms with Gasteiger partial charge in [-0.25, -0.2) is 0 Å². The van der Waals surface area contributed by atoms with E-state index < -0.39 is 47.4 Å². The Balaban J connectivity index is 2.52.